The van der Waals surface area contributed by atoms with Gasteiger partial charge >= 0.3 is 0 Å². The van der Waals surface area contributed by atoms with E-state index in [1.807, 2.05) is 36.1 Å². The summed E-state index contributed by atoms with van der Waals surface area (Å²) in [5.41, 5.74) is 0.645. The first kappa shape index (κ1) is 20.7. The monoisotopic (exact) mass is 417 g/mol. The fraction of sp³-hybridized carbons (Fsp3) is 0.652. The van der Waals surface area contributed by atoms with E-state index < -0.39 is 5.41 Å². The predicted molar refractivity (Wildman–Crippen MR) is 115 cm³/mol. The smallest absolute Gasteiger partial charge is 0.237 e. The van der Waals surface area contributed by atoms with Crippen molar-refractivity contribution in [2.75, 3.05) is 26.2 Å². The number of rotatable bonds is 5. The highest BCUT2D eigenvalue weighted by molar-refractivity contribution is 6.30. The molecule has 2 amide bonds. The number of carbonyl (C=O) groups is 2. The molecular formula is C23H32ClN3O2. The summed E-state index contributed by atoms with van der Waals surface area (Å²) < 4.78 is 0. The SMILES string of the molecule is CC(C(=O)NC1CCCC1)N1CCN(C(=O)C2(c3cccc(Cl)c3)CCC2)CC1. The summed E-state index contributed by atoms with van der Waals surface area (Å²) in [6, 6.07) is 7.99. The van der Waals surface area contributed by atoms with Gasteiger partial charge in [0.2, 0.25) is 11.8 Å². The molecule has 2 aliphatic carbocycles. The number of carbonyl (C=O) groups excluding carboxylic acids is 2. The van der Waals surface area contributed by atoms with Crippen molar-refractivity contribution in [1.29, 1.82) is 0 Å². The first-order chi connectivity index (χ1) is 14.0. The predicted octanol–water partition coefficient (Wildman–Crippen LogP) is 3.35. The summed E-state index contributed by atoms with van der Waals surface area (Å²) >= 11 is 6.20. The van der Waals surface area contributed by atoms with Crippen LogP contribution in [0.25, 0.3) is 0 Å². The molecule has 5 nitrogen and oxygen atoms in total. The number of benzene rings is 1. The van der Waals surface area contributed by atoms with Gasteiger partial charge in [0, 0.05) is 37.2 Å². The van der Waals surface area contributed by atoms with Crippen LogP contribution in [-0.2, 0) is 15.0 Å². The normalized spacial score (nSPS) is 23.4. The molecule has 0 bridgehead atoms. The van der Waals surface area contributed by atoms with Gasteiger partial charge in [-0.2, -0.15) is 0 Å². The standard InChI is InChI=1S/C23H32ClN3O2/c1-17(21(28)25-20-8-2-3-9-20)26-12-14-27(15-13-26)22(29)23(10-5-11-23)18-6-4-7-19(24)16-18/h4,6-7,16-17,20H,2-3,5,8-15H2,1H3,(H,25,28). The number of nitrogens with one attached hydrogen (secondary N) is 1. The lowest BCUT2D eigenvalue weighted by molar-refractivity contribution is -0.143. The molecule has 3 aliphatic rings. The van der Waals surface area contributed by atoms with Crippen molar-refractivity contribution in [3.63, 3.8) is 0 Å². The maximum absolute atomic E-state index is 13.4. The molecule has 0 aromatic heterocycles. The lowest BCUT2D eigenvalue weighted by Crippen LogP contribution is -2.59. The third-order valence-corrected chi connectivity index (χ3v) is 7.46. The Labute approximate surface area is 178 Å². The van der Waals surface area contributed by atoms with E-state index >= 15 is 0 Å². The molecule has 0 spiro atoms. The molecular weight excluding hydrogens is 386 g/mol. The largest absolute Gasteiger partial charge is 0.352 e. The van der Waals surface area contributed by atoms with Gasteiger partial charge in [0.1, 0.15) is 0 Å². The second-order valence-electron chi connectivity index (χ2n) is 8.94. The number of hydrogen-bond acceptors (Lipinski definition) is 3. The lowest BCUT2D eigenvalue weighted by Gasteiger charge is -2.46. The van der Waals surface area contributed by atoms with Crippen LogP contribution in [0.2, 0.25) is 5.02 Å². The Kier molecular flexibility index (Phi) is 6.16. The zero-order valence-electron chi connectivity index (χ0n) is 17.3. The number of amides is 2. The van der Waals surface area contributed by atoms with Gasteiger partial charge in [-0.1, -0.05) is 43.0 Å². The van der Waals surface area contributed by atoms with Crippen molar-refractivity contribution >= 4 is 23.4 Å². The molecule has 0 radical (unpaired) electrons. The topological polar surface area (TPSA) is 52.7 Å². The summed E-state index contributed by atoms with van der Waals surface area (Å²) in [5.74, 6) is 0.361. The van der Waals surface area contributed by atoms with Crippen LogP contribution in [-0.4, -0.2) is 59.9 Å². The quantitative estimate of drug-likeness (QED) is 0.799. The highest BCUT2D eigenvalue weighted by Gasteiger charge is 2.48. The molecule has 4 rings (SSSR count). The molecule has 2 saturated carbocycles. The van der Waals surface area contributed by atoms with Gasteiger partial charge < -0.3 is 10.2 Å². The van der Waals surface area contributed by atoms with E-state index in [-0.39, 0.29) is 17.9 Å². The van der Waals surface area contributed by atoms with Crippen LogP contribution in [0, 0.1) is 0 Å². The van der Waals surface area contributed by atoms with Gasteiger partial charge in [0.25, 0.3) is 0 Å². The van der Waals surface area contributed by atoms with Gasteiger partial charge in [-0.3, -0.25) is 14.5 Å². The van der Waals surface area contributed by atoms with Gasteiger partial charge in [0.15, 0.2) is 0 Å². The average Bonchev–Trinajstić information content (AvgIpc) is 3.20. The summed E-state index contributed by atoms with van der Waals surface area (Å²) in [6.07, 6.45) is 7.51. The van der Waals surface area contributed by atoms with Gasteiger partial charge in [-0.05, 0) is 50.3 Å². The minimum atomic E-state index is -0.404. The molecule has 1 saturated heterocycles. The summed E-state index contributed by atoms with van der Waals surface area (Å²) in [7, 11) is 0. The molecule has 3 fully saturated rings. The van der Waals surface area contributed by atoms with Crippen molar-refractivity contribution in [3.8, 4) is 0 Å². The molecule has 1 atom stereocenters. The highest BCUT2D eigenvalue weighted by atomic mass is 35.5. The Morgan fingerprint density at radius 1 is 1.10 bits per heavy atom. The van der Waals surface area contributed by atoms with Crippen LogP contribution in [0.1, 0.15) is 57.4 Å². The van der Waals surface area contributed by atoms with Crippen LogP contribution in [0.5, 0.6) is 0 Å². The number of piperazine rings is 1. The van der Waals surface area contributed by atoms with E-state index in [2.05, 4.69) is 10.2 Å². The zero-order chi connectivity index (χ0) is 20.4. The Morgan fingerprint density at radius 2 is 1.79 bits per heavy atom. The van der Waals surface area contributed by atoms with E-state index in [0.29, 0.717) is 24.2 Å². The maximum atomic E-state index is 13.4. The Morgan fingerprint density at radius 3 is 2.38 bits per heavy atom. The molecule has 1 aromatic rings. The van der Waals surface area contributed by atoms with Crippen LogP contribution in [0.15, 0.2) is 24.3 Å². The maximum Gasteiger partial charge on any atom is 0.237 e. The fourth-order valence-electron chi connectivity index (χ4n) is 5.12. The molecule has 1 unspecified atom stereocenters. The van der Waals surface area contributed by atoms with Crippen molar-refractivity contribution in [1.82, 2.24) is 15.1 Å². The molecule has 158 valence electrons. The van der Waals surface area contributed by atoms with Crippen LogP contribution in [0.3, 0.4) is 0 Å². The fourth-order valence-corrected chi connectivity index (χ4v) is 5.31. The number of nitrogens with zero attached hydrogens (tertiary/aromatic N) is 2. The Balaban J connectivity index is 1.35. The van der Waals surface area contributed by atoms with Crippen molar-refractivity contribution < 1.29 is 9.59 Å². The van der Waals surface area contributed by atoms with E-state index in [1.54, 1.807) is 0 Å². The Bertz CT molecular complexity index is 750. The minimum Gasteiger partial charge on any atom is -0.352 e. The molecule has 1 heterocycles. The summed E-state index contributed by atoms with van der Waals surface area (Å²) in [6.45, 7) is 4.85. The van der Waals surface area contributed by atoms with E-state index in [9.17, 15) is 9.59 Å². The number of halogens is 1. The third kappa shape index (κ3) is 4.17. The van der Waals surface area contributed by atoms with E-state index in [1.165, 1.54) is 12.8 Å². The van der Waals surface area contributed by atoms with Crippen molar-refractivity contribution in [2.24, 2.45) is 0 Å². The van der Waals surface area contributed by atoms with Gasteiger partial charge in [-0.25, -0.2) is 0 Å². The van der Waals surface area contributed by atoms with Crippen LogP contribution >= 0.6 is 11.6 Å². The molecule has 6 heteroatoms. The second-order valence-corrected chi connectivity index (χ2v) is 9.38. The average molecular weight is 418 g/mol. The second kappa shape index (κ2) is 8.65. The van der Waals surface area contributed by atoms with E-state index in [0.717, 1.165) is 50.8 Å². The lowest BCUT2D eigenvalue weighted by atomic mass is 9.63. The molecule has 1 aromatic carbocycles. The summed E-state index contributed by atoms with van der Waals surface area (Å²) in [4.78, 5) is 30.2. The van der Waals surface area contributed by atoms with Crippen LogP contribution in [0.4, 0.5) is 0 Å². The first-order valence-electron chi connectivity index (χ1n) is 11.1. The molecule has 1 N–H and O–H groups in total. The van der Waals surface area contributed by atoms with Gasteiger partial charge in [0.05, 0.1) is 11.5 Å². The van der Waals surface area contributed by atoms with Crippen LogP contribution < -0.4 is 5.32 Å². The zero-order valence-corrected chi connectivity index (χ0v) is 18.1. The Hall–Kier alpha value is -1.59. The number of hydrogen-bond donors (Lipinski definition) is 1. The van der Waals surface area contributed by atoms with Crippen molar-refractivity contribution in [2.45, 2.75) is 69.4 Å². The van der Waals surface area contributed by atoms with E-state index in [4.69, 9.17) is 11.6 Å². The van der Waals surface area contributed by atoms with Crippen molar-refractivity contribution in [3.05, 3.63) is 34.9 Å². The highest BCUT2D eigenvalue weighted by Crippen LogP contribution is 2.45. The third-order valence-electron chi connectivity index (χ3n) is 7.22. The van der Waals surface area contributed by atoms with Gasteiger partial charge in [-0.15, -0.1) is 0 Å². The molecule has 29 heavy (non-hydrogen) atoms. The minimum absolute atomic E-state index is 0.131. The summed E-state index contributed by atoms with van der Waals surface area (Å²) in [5, 5.41) is 3.89. The first-order valence-corrected chi connectivity index (χ1v) is 11.5. The molecule has 1 aliphatic heterocycles.